The van der Waals surface area contributed by atoms with E-state index in [4.69, 9.17) is 0 Å². The van der Waals surface area contributed by atoms with Gasteiger partial charge >= 0.3 is 0 Å². The zero-order valence-electron chi connectivity index (χ0n) is 10.8. The largest absolute Gasteiger partial charge is 0.290 e. The topological polar surface area (TPSA) is 17.1 Å². The van der Waals surface area contributed by atoms with Gasteiger partial charge in [-0.3, -0.25) is 4.79 Å². The predicted octanol–water partition coefficient (Wildman–Crippen LogP) is 4.46. The van der Waals surface area contributed by atoms with Gasteiger partial charge in [-0.05, 0) is 50.2 Å². The molecule has 0 unspecified atom stereocenters. The molecule has 0 aromatic rings. The summed E-state index contributed by atoms with van der Waals surface area (Å²) in [5.74, 6) is 0.788. The molecule has 0 aromatic carbocycles. The molecule has 0 aliphatic heterocycles. The van der Waals surface area contributed by atoms with Crippen molar-refractivity contribution < 1.29 is 4.79 Å². The second-order valence-corrected chi connectivity index (χ2v) is 4.46. The maximum absolute atomic E-state index is 11.3. The lowest BCUT2D eigenvalue weighted by Gasteiger charge is -2.00. The van der Waals surface area contributed by atoms with Crippen molar-refractivity contribution in [2.75, 3.05) is 0 Å². The molecule has 0 amide bonds. The van der Waals surface area contributed by atoms with Crippen LogP contribution in [0.15, 0.2) is 36.5 Å². The summed E-state index contributed by atoms with van der Waals surface area (Å²) >= 11 is 0. The third-order valence-corrected chi connectivity index (χ3v) is 2.29. The second-order valence-electron chi connectivity index (χ2n) is 4.46. The van der Waals surface area contributed by atoms with Gasteiger partial charge in [-0.2, -0.15) is 0 Å². The number of ketones is 1. The summed E-state index contributed by atoms with van der Waals surface area (Å²) in [5.41, 5.74) is 0.718. The van der Waals surface area contributed by atoms with Gasteiger partial charge in [0.1, 0.15) is 0 Å². The Balaban J connectivity index is 3.63. The minimum atomic E-state index is 0.0636. The van der Waals surface area contributed by atoms with Gasteiger partial charge in [0.15, 0.2) is 5.78 Å². The van der Waals surface area contributed by atoms with E-state index < -0.39 is 0 Å². The molecule has 0 aromatic heterocycles. The molecule has 90 valence electrons. The highest BCUT2D eigenvalue weighted by atomic mass is 16.1. The fourth-order valence-electron chi connectivity index (χ4n) is 1.31. The highest BCUT2D eigenvalue weighted by Crippen LogP contribution is 2.08. The average molecular weight is 220 g/mol. The van der Waals surface area contributed by atoms with Crippen LogP contribution in [0, 0.1) is 5.92 Å². The number of allylic oxidation sites excluding steroid dienone is 5. The molecule has 0 saturated carbocycles. The highest BCUT2D eigenvalue weighted by molar-refractivity contribution is 6.03. The van der Waals surface area contributed by atoms with Crippen molar-refractivity contribution >= 4 is 5.78 Å². The Morgan fingerprint density at radius 2 is 2.00 bits per heavy atom. The molecule has 0 bridgehead atoms. The highest BCUT2D eigenvalue weighted by Gasteiger charge is 2.01. The Hall–Kier alpha value is -1.11. The van der Waals surface area contributed by atoms with Crippen molar-refractivity contribution in [1.29, 1.82) is 0 Å². The van der Waals surface area contributed by atoms with Gasteiger partial charge in [-0.15, -0.1) is 0 Å². The molecule has 0 heterocycles. The molecule has 0 fully saturated rings. The van der Waals surface area contributed by atoms with Crippen molar-refractivity contribution in [1.82, 2.24) is 0 Å². The molecule has 0 rings (SSSR count). The minimum absolute atomic E-state index is 0.0636. The Labute approximate surface area is 99.9 Å². The quantitative estimate of drug-likeness (QED) is 0.335. The van der Waals surface area contributed by atoms with E-state index in [1.165, 1.54) is 0 Å². The minimum Gasteiger partial charge on any atom is -0.290 e. The monoisotopic (exact) mass is 220 g/mol. The first-order valence-corrected chi connectivity index (χ1v) is 6.07. The molecule has 0 spiro atoms. The van der Waals surface area contributed by atoms with Crippen LogP contribution in [0.3, 0.4) is 0 Å². The third-order valence-electron chi connectivity index (χ3n) is 2.29. The molecule has 1 nitrogen and oxygen atoms in total. The van der Waals surface area contributed by atoms with Crippen molar-refractivity contribution in [2.45, 2.75) is 46.5 Å². The van der Waals surface area contributed by atoms with Crippen LogP contribution in [-0.2, 0) is 4.79 Å². The first-order valence-electron chi connectivity index (χ1n) is 6.07. The Morgan fingerprint density at radius 1 is 1.31 bits per heavy atom. The van der Waals surface area contributed by atoms with Crippen LogP contribution in [0.25, 0.3) is 0 Å². The van der Waals surface area contributed by atoms with Crippen LogP contribution >= 0.6 is 0 Å². The van der Waals surface area contributed by atoms with Gasteiger partial charge < -0.3 is 0 Å². The lowest BCUT2D eigenvalue weighted by atomic mass is 10.0. The van der Waals surface area contributed by atoms with Gasteiger partial charge in [-0.25, -0.2) is 0 Å². The first kappa shape index (κ1) is 14.9. The summed E-state index contributed by atoms with van der Waals surface area (Å²) in [5, 5.41) is 0. The summed E-state index contributed by atoms with van der Waals surface area (Å²) in [7, 11) is 0. The van der Waals surface area contributed by atoms with Crippen LogP contribution in [-0.4, -0.2) is 5.78 Å². The standard InChI is InChI=1S/C15H24O/c1-5-10-15(16)14(4)12-9-7-6-8-11-13(2)3/h5-6,8,10,13H,4,7,9,11-12H2,1-3H3/b8-6+,10-5+. The summed E-state index contributed by atoms with van der Waals surface area (Å²) < 4.78 is 0. The van der Waals surface area contributed by atoms with Crippen LogP contribution in [0.1, 0.15) is 46.5 Å². The SMILES string of the molecule is C=C(CCC/C=C/CC(C)C)C(=O)/C=C/C. The molecular formula is C15H24O. The summed E-state index contributed by atoms with van der Waals surface area (Å²) in [6.45, 7) is 10.1. The first-order chi connectivity index (χ1) is 7.57. The predicted molar refractivity (Wildman–Crippen MR) is 71.4 cm³/mol. The maximum atomic E-state index is 11.3. The Morgan fingerprint density at radius 3 is 2.56 bits per heavy atom. The number of unbranched alkanes of at least 4 members (excludes halogenated alkanes) is 1. The van der Waals surface area contributed by atoms with E-state index in [1.54, 1.807) is 12.2 Å². The molecule has 16 heavy (non-hydrogen) atoms. The Bertz CT molecular complexity index is 269. The van der Waals surface area contributed by atoms with Crippen molar-refractivity contribution in [3.8, 4) is 0 Å². The van der Waals surface area contributed by atoms with Gasteiger partial charge in [0.25, 0.3) is 0 Å². The van der Waals surface area contributed by atoms with E-state index in [0.29, 0.717) is 0 Å². The smallest absolute Gasteiger partial charge is 0.180 e. The number of rotatable bonds is 8. The van der Waals surface area contributed by atoms with Crippen LogP contribution in [0.4, 0.5) is 0 Å². The number of hydrogen-bond acceptors (Lipinski definition) is 1. The van der Waals surface area contributed by atoms with Crippen molar-refractivity contribution in [3.05, 3.63) is 36.5 Å². The van der Waals surface area contributed by atoms with Crippen molar-refractivity contribution in [3.63, 3.8) is 0 Å². The lowest BCUT2D eigenvalue weighted by Crippen LogP contribution is -1.96. The molecule has 0 aliphatic rings. The molecule has 0 atom stereocenters. The molecule has 0 radical (unpaired) electrons. The maximum Gasteiger partial charge on any atom is 0.180 e. The van der Waals surface area contributed by atoms with Gasteiger partial charge in [-0.1, -0.05) is 38.7 Å². The van der Waals surface area contributed by atoms with Gasteiger partial charge in [0.05, 0.1) is 0 Å². The number of carbonyl (C=O) groups is 1. The number of hydrogen-bond donors (Lipinski definition) is 0. The van der Waals surface area contributed by atoms with Gasteiger partial charge in [0.2, 0.25) is 0 Å². The Kier molecular flexibility index (Phi) is 8.51. The summed E-state index contributed by atoms with van der Waals surface area (Å²) in [6, 6.07) is 0. The lowest BCUT2D eigenvalue weighted by molar-refractivity contribution is -0.111. The van der Waals surface area contributed by atoms with Crippen LogP contribution in [0.2, 0.25) is 0 Å². The average Bonchev–Trinajstić information content (AvgIpc) is 2.22. The van der Waals surface area contributed by atoms with Crippen LogP contribution < -0.4 is 0 Å². The summed E-state index contributed by atoms with van der Waals surface area (Å²) in [6.07, 6.45) is 11.8. The van der Waals surface area contributed by atoms with E-state index >= 15 is 0 Å². The van der Waals surface area contributed by atoms with E-state index in [-0.39, 0.29) is 5.78 Å². The normalized spacial score (nSPS) is 11.8. The van der Waals surface area contributed by atoms with Crippen LogP contribution in [0.5, 0.6) is 0 Å². The zero-order chi connectivity index (χ0) is 12.4. The van der Waals surface area contributed by atoms with Gasteiger partial charge in [0, 0.05) is 0 Å². The molecular weight excluding hydrogens is 196 g/mol. The van der Waals surface area contributed by atoms with E-state index in [9.17, 15) is 4.79 Å². The molecule has 1 heteroatoms. The summed E-state index contributed by atoms with van der Waals surface area (Å²) in [4.78, 5) is 11.3. The molecule has 0 aliphatic carbocycles. The fraction of sp³-hybridized carbons (Fsp3) is 0.533. The molecule has 0 saturated heterocycles. The van der Waals surface area contributed by atoms with E-state index in [2.05, 4.69) is 32.6 Å². The molecule has 0 N–H and O–H groups in total. The van der Waals surface area contributed by atoms with Crippen molar-refractivity contribution in [2.24, 2.45) is 5.92 Å². The van der Waals surface area contributed by atoms with E-state index in [1.807, 2.05) is 6.92 Å². The fourth-order valence-corrected chi connectivity index (χ4v) is 1.31. The second kappa shape index (κ2) is 9.14. The number of carbonyl (C=O) groups excluding carboxylic acids is 1. The van der Waals surface area contributed by atoms with E-state index in [0.717, 1.165) is 37.2 Å². The third kappa shape index (κ3) is 8.22. The zero-order valence-corrected chi connectivity index (χ0v) is 10.8.